The maximum Gasteiger partial charge on any atom is 0.124 e. The summed E-state index contributed by atoms with van der Waals surface area (Å²) >= 11 is 3.39. The molecule has 100 valence electrons. The van der Waals surface area contributed by atoms with Crippen molar-refractivity contribution in [1.29, 1.82) is 0 Å². The fourth-order valence-corrected chi connectivity index (χ4v) is 2.55. The van der Waals surface area contributed by atoms with Crippen molar-refractivity contribution >= 4 is 15.9 Å². The molecule has 0 amide bonds. The molecular formula is C15H16BrNO2. The monoisotopic (exact) mass is 321 g/mol. The molecule has 1 heterocycles. The van der Waals surface area contributed by atoms with Crippen LogP contribution >= 0.6 is 15.9 Å². The number of hydrogen-bond donors (Lipinski definition) is 1. The van der Waals surface area contributed by atoms with Crippen molar-refractivity contribution in [1.82, 2.24) is 4.98 Å². The first-order valence-corrected chi connectivity index (χ1v) is 6.77. The van der Waals surface area contributed by atoms with Crippen LogP contribution in [-0.2, 0) is 12.0 Å². The molecule has 0 aliphatic heterocycles. The molecule has 1 aromatic heterocycles. The zero-order chi connectivity index (χ0) is 13.9. The number of nitrogens with zero attached hydrogens (tertiary/aromatic N) is 1. The Hall–Kier alpha value is -1.39. The van der Waals surface area contributed by atoms with Gasteiger partial charge in [0.2, 0.25) is 0 Å². The smallest absolute Gasteiger partial charge is 0.124 e. The van der Waals surface area contributed by atoms with Crippen LogP contribution < -0.4 is 4.74 Å². The molecule has 0 saturated heterocycles. The van der Waals surface area contributed by atoms with E-state index in [1.54, 1.807) is 26.4 Å². The molecule has 0 radical (unpaired) electrons. The highest BCUT2D eigenvalue weighted by atomic mass is 79.9. The van der Waals surface area contributed by atoms with E-state index in [4.69, 9.17) is 4.74 Å². The summed E-state index contributed by atoms with van der Waals surface area (Å²) in [5, 5.41) is 10.7. The van der Waals surface area contributed by atoms with E-state index in [0.717, 1.165) is 15.6 Å². The van der Waals surface area contributed by atoms with Crippen molar-refractivity contribution in [2.24, 2.45) is 0 Å². The summed E-state index contributed by atoms with van der Waals surface area (Å²) in [6.45, 7) is 1.78. The topological polar surface area (TPSA) is 42.4 Å². The van der Waals surface area contributed by atoms with E-state index in [-0.39, 0.29) is 0 Å². The molecule has 2 aromatic rings. The number of hydrogen-bond acceptors (Lipinski definition) is 3. The fourth-order valence-electron chi connectivity index (χ4n) is 2.13. The lowest BCUT2D eigenvalue weighted by atomic mass is 9.89. The van der Waals surface area contributed by atoms with Crippen LogP contribution in [0.25, 0.3) is 0 Å². The molecule has 0 bridgehead atoms. The lowest BCUT2D eigenvalue weighted by molar-refractivity contribution is 0.0548. The van der Waals surface area contributed by atoms with Crippen molar-refractivity contribution in [3.05, 3.63) is 58.3 Å². The number of methoxy groups -OCH3 is 1. The van der Waals surface area contributed by atoms with E-state index in [2.05, 4.69) is 20.9 Å². The van der Waals surface area contributed by atoms with Crippen LogP contribution in [0.2, 0.25) is 0 Å². The standard InChI is InChI=1S/C15H16BrNO2/c1-15(18,8-11-7-12(16)10-17-9-11)13-5-3-4-6-14(13)19-2/h3-7,9-10,18H,8H2,1-2H3. The van der Waals surface area contributed by atoms with Gasteiger partial charge in [-0.2, -0.15) is 0 Å². The number of para-hydroxylation sites is 1. The van der Waals surface area contributed by atoms with Crippen LogP contribution in [0.15, 0.2) is 47.2 Å². The molecule has 0 spiro atoms. The van der Waals surface area contributed by atoms with E-state index in [1.807, 2.05) is 30.3 Å². The molecule has 19 heavy (non-hydrogen) atoms. The second-order valence-electron chi connectivity index (χ2n) is 4.66. The number of rotatable bonds is 4. The minimum Gasteiger partial charge on any atom is -0.496 e. The van der Waals surface area contributed by atoms with Crippen molar-refractivity contribution in [3.8, 4) is 5.75 Å². The molecule has 1 unspecified atom stereocenters. The number of aliphatic hydroxyl groups is 1. The highest BCUT2D eigenvalue weighted by molar-refractivity contribution is 9.10. The largest absolute Gasteiger partial charge is 0.496 e. The second-order valence-corrected chi connectivity index (χ2v) is 5.58. The first-order chi connectivity index (χ1) is 9.03. The molecule has 1 atom stereocenters. The van der Waals surface area contributed by atoms with Crippen LogP contribution in [0.4, 0.5) is 0 Å². The molecule has 1 aromatic carbocycles. The minimum absolute atomic E-state index is 0.472. The quantitative estimate of drug-likeness (QED) is 0.939. The van der Waals surface area contributed by atoms with Gasteiger partial charge in [-0.15, -0.1) is 0 Å². The number of halogens is 1. The summed E-state index contributed by atoms with van der Waals surface area (Å²) in [6.07, 6.45) is 3.95. The molecule has 1 N–H and O–H groups in total. The van der Waals surface area contributed by atoms with Crippen LogP contribution in [0, 0.1) is 0 Å². The lowest BCUT2D eigenvalue weighted by Crippen LogP contribution is -2.25. The maximum atomic E-state index is 10.7. The summed E-state index contributed by atoms with van der Waals surface area (Å²) in [6, 6.07) is 9.47. The number of aromatic nitrogens is 1. The average Bonchev–Trinajstić information content (AvgIpc) is 2.38. The Morgan fingerprint density at radius 1 is 1.32 bits per heavy atom. The lowest BCUT2D eigenvalue weighted by Gasteiger charge is -2.25. The molecular weight excluding hydrogens is 306 g/mol. The van der Waals surface area contributed by atoms with Gasteiger partial charge in [-0.3, -0.25) is 4.98 Å². The summed E-state index contributed by atoms with van der Waals surface area (Å²) in [4.78, 5) is 4.12. The minimum atomic E-state index is -1.00. The first-order valence-electron chi connectivity index (χ1n) is 5.98. The second kappa shape index (κ2) is 5.72. The molecule has 0 saturated carbocycles. The van der Waals surface area contributed by atoms with Gasteiger partial charge in [0.15, 0.2) is 0 Å². The van der Waals surface area contributed by atoms with Crippen LogP contribution in [-0.4, -0.2) is 17.2 Å². The molecule has 4 heteroatoms. The van der Waals surface area contributed by atoms with Gasteiger partial charge in [-0.25, -0.2) is 0 Å². The molecule has 0 aliphatic carbocycles. The Morgan fingerprint density at radius 2 is 2.05 bits per heavy atom. The maximum absolute atomic E-state index is 10.7. The van der Waals surface area contributed by atoms with Crippen molar-refractivity contribution in [2.45, 2.75) is 18.9 Å². The average molecular weight is 322 g/mol. The van der Waals surface area contributed by atoms with Gasteiger partial charge in [0.25, 0.3) is 0 Å². The Labute approximate surface area is 121 Å². The normalized spacial score (nSPS) is 13.9. The predicted octanol–water partition coefficient (Wildman–Crippen LogP) is 3.30. The highest BCUT2D eigenvalue weighted by Crippen LogP contribution is 2.32. The first kappa shape index (κ1) is 14.0. The van der Waals surface area contributed by atoms with Crippen molar-refractivity contribution < 1.29 is 9.84 Å². The number of benzene rings is 1. The summed E-state index contributed by atoms with van der Waals surface area (Å²) in [5.74, 6) is 0.690. The SMILES string of the molecule is COc1ccccc1C(C)(O)Cc1cncc(Br)c1. The van der Waals surface area contributed by atoms with Crippen molar-refractivity contribution in [2.75, 3.05) is 7.11 Å². The summed E-state index contributed by atoms with van der Waals surface area (Å²) < 4.78 is 6.21. The molecule has 2 rings (SSSR count). The van der Waals surface area contributed by atoms with Gasteiger partial charge < -0.3 is 9.84 Å². The van der Waals surface area contributed by atoms with E-state index in [9.17, 15) is 5.11 Å². The Bertz CT molecular complexity index is 570. The molecule has 0 aliphatic rings. The van der Waals surface area contributed by atoms with Gasteiger partial charge >= 0.3 is 0 Å². The van der Waals surface area contributed by atoms with Gasteiger partial charge in [0.1, 0.15) is 5.75 Å². The van der Waals surface area contributed by atoms with Gasteiger partial charge in [-0.1, -0.05) is 18.2 Å². The van der Waals surface area contributed by atoms with Gasteiger partial charge in [0.05, 0.1) is 12.7 Å². The third kappa shape index (κ3) is 3.33. The van der Waals surface area contributed by atoms with E-state index in [0.29, 0.717) is 12.2 Å². The zero-order valence-corrected chi connectivity index (χ0v) is 12.5. The van der Waals surface area contributed by atoms with Gasteiger partial charge in [-0.05, 0) is 40.5 Å². The predicted molar refractivity (Wildman–Crippen MR) is 78.2 cm³/mol. The third-order valence-electron chi connectivity index (χ3n) is 3.00. The van der Waals surface area contributed by atoms with Crippen LogP contribution in [0.1, 0.15) is 18.1 Å². The Kier molecular flexibility index (Phi) is 4.22. The van der Waals surface area contributed by atoms with E-state index < -0.39 is 5.60 Å². The number of pyridine rings is 1. The number of ether oxygens (including phenoxy) is 1. The highest BCUT2D eigenvalue weighted by Gasteiger charge is 2.27. The molecule has 3 nitrogen and oxygen atoms in total. The van der Waals surface area contributed by atoms with E-state index in [1.165, 1.54) is 0 Å². The molecule has 0 fully saturated rings. The van der Waals surface area contributed by atoms with Crippen LogP contribution in [0.5, 0.6) is 5.75 Å². The third-order valence-corrected chi connectivity index (χ3v) is 3.43. The Balaban J connectivity index is 2.32. The van der Waals surface area contributed by atoms with Gasteiger partial charge in [0, 0.05) is 28.9 Å². The Morgan fingerprint density at radius 3 is 2.74 bits per heavy atom. The van der Waals surface area contributed by atoms with Crippen LogP contribution in [0.3, 0.4) is 0 Å². The zero-order valence-electron chi connectivity index (χ0n) is 10.9. The summed E-state index contributed by atoms with van der Waals surface area (Å²) in [5.41, 5.74) is 0.734. The fraction of sp³-hybridized carbons (Fsp3) is 0.267. The van der Waals surface area contributed by atoms with E-state index >= 15 is 0 Å². The summed E-state index contributed by atoms with van der Waals surface area (Å²) in [7, 11) is 1.61. The van der Waals surface area contributed by atoms with Crippen molar-refractivity contribution in [3.63, 3.8) is 0 Å².